The van der Waals surface area contributed by atoms with Crippen molar-refractivity contribution in [1.29, 1.82) is 0 Å². The number of rotatable bonds is 5. The number of nitrogens with one attached hydrogen (secondary N) is 1. The van der Waals surface area contributed by atoms with Crippen molar-refractivity contribution in [2.45, 2.75) is 46.2 Å². The smallest absolute Gasteiger partial charge is 0.272 e. The molecule has 28 heavy (non-hydrogen) atoms. The van der Waals surface area contributed by atoms with Gasteiger partial charge in [-0.15, -0.1) is 0 Å². The lowest BCUT2D eigenvalue weighted by Crippen LogP contribution is -2.39. The quantitative estimate of drug-likeness (QED) is 0.735. The number of imidazole rings is 1. The van der Waals surface area contributed by atoms with E-state index in [0.717, 1.165) is 29.1 Å². The molecule has 0 bridgehead atoms. The first kappa shape index (κ1) is 18.5. The molecule has 0 saturated carbocycles. The number of hydrogen-bond acceptors (Lipinski definition) is 4. The zero-order chi connectivity index (χ0) is 19.8. The van der Waals surface area contributed by atoms with Gasteiger partial charge in [0.1, 0.15) is 5.69 Å². The van der Waals surface area contributed by atoms with Crippen LogP contribution in [0.3, 0.4) is 0 Å². The van der Waals surface area contributed by atoms with Crippen molar-refractivity contribution in [2.24, 2.45) is 13.0 Å². The average Bonchev–Trinajstić information content (AvgIpc) is 3.38. The summed E-state index contributed by atoms with van der Waals surface area (Å²) in [4.78, 5) is 23.0. The Labute approximate surface area is 164 Å². The molecule has 8 nitrogen and oxygen atoms in total. The number of nitrogens with zero attached hydrogens (tertiary/aromatic N) is 6. The zero-order valence-corrected chi connectivity index (χ0v) is 16.9. The van der Waals surface area contributed by atoms with Crippen LogP contribution in [0.5, 0.6) is 0 Å². The number of carbonyl (C=O) groups excluding carboxylic acids is 1. The SMILES string of the molecule is CCn1nc(CC(C)C)cc1C(=O)N1Cc2[nH]cnc2C(c2cnn(C)c2)C1. The molecule has 0 spiro atoms. The van der Waals surface area contributed by atoms with Crippen molar-refractivity contribution < 1.29 is 4.79 Å². The summed E-state index contributed by atoms with van der Waals surface area (Å²) < 4.78 is 3.61. The van der Waals surface area contributed by atoms with Crippen LogP contribution in [0.4, 0.5) is 0 Å². The molecule has 148 valence electrons. The number of H-pyrrole nitrogens is 1. The average molecular weight is 381 g/mol. The Morgan fingerprint density at radius 1 is 1.39 bits per heavy atom. The van der Waals surface area contributed by atoms with Crippen LogP contribution in [0.25, 0.3) is 0 Å². The van der Waals surface area contributed by atoms with E-state index in [1.807, 2.05) is 42.0 Å². The number of carbonyl (C=O) groups is 1. The molecule has 0 aliphatic carbocycles. The summed E-state index contributed by atoms with van der Waals surface area (Å²) in [6.45, 7) is 8.12. The minimum atomic E-state index is 0.0125. The van der Waals surface area contributed by atoms with Crippen LogP contribution in [0.15, 0.2) is 24.8 Å². The summed E-state index contributed by atoms with van der Waals surface area (Å²) in [6, 6.07) is 1.95. The number of fused-ring (bicyclic) bond motifs is 1. The highest BCUT2D eigenvalue weighted by molar-refractivity contribution is 5.93. The van der Waals surface area contributed by atoms with Gasteiger partial charge in [0.15, 0.2) is 0 Å². The Morgan fingerprint density at radius 3 is 2.89 bits per heavy atom. The second-order valence-electron chi connectivity index (χ2n) is 7.89. The first-order chi connectivity index (χ1) is 13.5. The molecule has 1 amide bonds. The summed E-state index contributed by atoms with van der Waals surface area (Å²) in [7, 11) is 1.90. The maximum absolute atomic E-state index is 13.4. The van der Waals surface area contributed by atoms with E-state index in [0.29, 0.717) is 31.2 Å². The van der Waals surface area contributed by atoms with Gasteiger partial charge in [0.05, 0.1) is 36.2 Å². The molecule has 3 aromatic rings. The molecule has 4 rings (SSSR count). The van der Waals surface area contributed by atoms with Gasteiger partial charge in [-0.05, 0) is 25.3 Å². The molecule has 0 aromatic carbocycles. The molecule has 1 aliphatic heterocycles. The molecular weight excluding hydrogens is 354 g/mol. The molecule has 1 aliphatic rings. The molecule has 3 aromatic heterocycles. The minimum Gasteiger partial charge on any atom is -0.347 e. The van der Waals surface area contributed by atoms with Crippen molar-refractivity contribution in [3.8, 4) is 0 Å². The summed E-state index contributed by atoms with van der Waals surface area (Å²) in [5.41, 5.74) is 4.69. The Hall–Kier alpha value is -2.90. The molecular formula is C20H27N7O. The fourth-order valence-electron chi connectivity index (χ4n) is 3.92. The topological polar surface area (TPSA) is 84.6 Å². The van der Waals surface area contributed by atoms with Crippen LogP contribution >= 0.6 is 0 Å². The number of hydrogen-bond donors (Lipinski definition) is 1. The lowest BCUT2D eigenvalue weighted by molar-refractivity contribution is 0.0709. The second-order valence-corrected chi connectivity index (χ2v) is 7.89. The van der Waals surface area contributed by atoms with Gasteiger partial charge < -0.3 is 9.88 Å². The van der Waals surface area contributed by atoms with E-state index in [1.165, 1.54) is 0 Å². The summed E-state index contributed by atoms with van der Waals surface area (Å²) >= 11 is 0. The van der Waals surface area contributed by atoms with Gasteiger partial charge in [-0.3, -0.25) is 14.2 Å². The molecule has 1 N–H and O–H groups in total. The molecule has 4 heterocycles. The van der Waals surface area contributed by atoms with E-state index < -0.39 is 0 Å². The van der Waals surface area contributed by atoms with Gasteiger partial charge >= 0.3 is 0 Å². The number of aromatic nitrogens is 6. The predicted octanol–water partition coefficient (Wildman–Crippen LogP) is 2.35. The molecule has 1 atom stereocenters. The Morgan fingerprint density at radius 2 is 2.21 bits per heavy atom. The lowest BCUT2D eigenvalue weighted by atomic mass is 9.93. The van der Waals surface area contributed by atoms with Crippen molar-refractivity contribution in [2.75, 3.05) is 6.54 Å². The fourth-order valence-corrected chi connectivity index (χ4v) is 3.92. The van der Waals surface area contributed by atoms with E-state index in [4.69, 9.17) is 0 Å². The standard InChI is InChI=1S/C20H27N7O/c1-5-27-18(7-15(24-27)6-13(2)3)20(28)26-10-16(14-8-23-25(4)9-14)19-17(11-26)21-12-22-19/h7-9,12-13,16H,5-6,10-11H2,1-4H3,(H,21,22). The van der Waals surface area contributed by atoms with Crippen LogP contribution < -0.4 is 0 Å². The number of aromatic amines is 1. The van der Waals surface area contributed by atoms with Crippen LogP contribution in [0, 0.1) is 5.92 Å². The number of aryl methyl sites for hydroxylation is 2. The van der Waals surface area contributed by atoms with Crippen LogP contribution in [-0.4, -0.2) is 46.9 Å². The summed E-state index contributed by atoms with van der Waals surface area (Å²) in [5.74, 6) is 0.528. The van der Waals surface area contributed by atoms with Crippen LogP contribution in [-0.2, 0) is 26.6 Å². The van der Waals surface area contributed by atoms with Crippen LogP contribution in [0.2, 0.25) is 0 Å². The minimum absolute atomic E-state index is 0.0125. The van der Waals surface area contributed by atoms with Gasteiger partial charge in [0, 0.05) is 37.8 Å². The van der Waals surface area contributed by atoms with E-state index in [-0.39, 0.29) is 11.8 Å². The summed E-state index contributed by atoms with van der Waals surface area (Å²) in [5, 5.41) is 8.93. The third kappa shape index (κ3) is 3.34. The van der Waals surface area contributed by atoms with Crippen molar-refractivity contribution in [3.05, 3.63) is 53.1 Å². The third-order valence-corrected chi connectivity index (χ3v) is 5.21. The maximum Gasteiger partial charge on any atom is 0.272 e. The van der Waals surface area contributed by atoms with Gasteiger partial charge in [-0.25, -0.2) is 4.98 Å². The van der Waals surface area contributed by atoms with E-state index in [9.17, 15) is 4.79 Å². The molecule has 1 unspecified atom stereocenters. The maximum atomic E-state index is 13.4. The molecule has 0 fully saturated rings. The molecule has 0 saturated heterocycles. The normalized spacial score (nSPS) is 16.6. The van der Waals surface area contributed by atoms with Crippen LogP contribution in [0.1, 0.15) is 59.8 Å². The van der Waals surface area contributed by atoms with Gasteiger partial charge in [-0.1, -0.05) is 13.8 Å². The highest BCUT2D eigenvalue weighted by atomic mass is 16.2. The Kier molecular flexibility index (Phi) is 4.78. The monoisotopic (exact) mass is 381 g/mol. The first-order valence-corrected chi connectivity index (χ1v) is 9.83. The second kappa shape index (κ2) is 7.26. The molecule has 8 heteroatoms. The van der Waals surface area contributed by atoms with Gasteiger partial charge in [0.25, 0.3) is 5.91 Å². The van der Waals surface area contributed by atoms with Crippen molar-refractivity contribution in [3.63, 3.8) is 0 Å². The number of amides is 1. The van der Waals surface area contributed by atoms with E-state index in [1.54, 1.807) is 11.0 Å². The Bertz CT molecular complexity index is 981. The van der Waals surface area contributed by atoms with E-state index in [2.05, 4.69) is 34.0 Å². The largest absolute Gasteiger partial charge is 0.347 e. The third-order valence-electron chi connectivity index (χ3n) is 5.21. The lowest BCUT2D eigenvalue weighted by Gasteiger charge is -2.31. The first-order valence-electron chi connectivity index (χ1n) is 9.83. The highest BCUT2D eigenvalue weighted by Gasteiger charge is 2.33. The van der Waals surface area contributed by atoms with Gasteiger partial charge in [0.2, 0.25) is 0 Å². The fraction of sp³-hybridized carbons (Fsp3) is 0.500. The molecule has 0 radical (unpaired) electrons. The van der Waals surface area contributed by atoms with E-state index >= 15 is 0 Å². The summed E-state index contributed by atoms with van der Waals surface area (Å²) in [6.07, 6.45) is 6.43. The predicted molar refractivity (Wildman–Crippen MR) is 105 cm³/mol. The highest BCUT2D eigenvalue weighted by Crippen LogP contribution is 2.32. The van der Waals surface area contributed by atoms with Gasteiger partial charge in [-0.2, -0.15) is 10.2 Å². The zero-order valence-electron chi connectivity index (χ0n) is 16.9. The van der Waals surface area contributed by atoms with Crippen molar-refractivity contribution in [1.82, 2.24) is 34.4 Å². The van der Waals surface area contributed by atoms with Crippen molar-refractivity contribution >= 4 is 5.91 Å². The Balaban J connectivity index is 1.64.